The molecule has 3 unspecified atom stereocenters. The minimum Gasteiger partial charge on any atom is -0.345 e. The van der Waals surface area contributed by atoms with Crippen LogP contribution in [-0.2, 0) is 6.42 Å². The summed E-state index contributed by atoms with van der Waals surface area (Å²) in [6, 6.07) is 1.17. The molecule has 1 N–H and O–H groups in total. The quantitative estimate of drug-likeness (QED) is 0.899. The van der Waals surface area contributed by atoms with Gasteiger partial charge in [0.05, 0.1) is 5.69 Å². The van der Waals surface area contributed by atoms with Gasteiger partial charge >= 0.3 is 0 Å². The first-order valence-electron chi connectivity index (χ1n) is 7.64. The van der Waals surface area contributed by atoms with Crippen LogP contribution >= 0.6 is 11.3 Å². The zero-order chi connectivity index (χ0) is 13.4. The van der Waals surface area contributed by atoms with Crippen molar-refractivity contribution in [1.82, 2.24) is 10.3 Å². The Balaban J connectivity index is 1.87. The normalized spacial score (nSPS) is 31.3. The summed E-state index contributed by atoms with van der Waals surface area (Å²) in [6.45, 7) is 5.92. The molecule has 1 fully saturated rings. The van der Waals surface area contributed by atoms with Gasteiger partial charge in [0.1, 0.15) is 0 Å². The van der Waals surface area contributed by atoms with E-state index in [1.807, 2.05) is 11.3 Å². The number of hydrogen-bond donors (Lipinski definition) is 1. The van der Waals surface area contributed by atoms with E-state index in [0.29, 0.717) is 12.1 Å². The van der Waals surface area contributed by atoms with Crippen molar-refractivity contribution in [2.75, 3.05) is 18.5 Å². The fraction of sp³-hybridized carbons (Fsp3) is 0.800. The zero-order valence-electron chi connectivity index (χ0n) is 12.3. The lowest BCUT2D eigenvalue weighted by Crippen LogP contribution is -2.42. The van der Waals surface area contributed by atoms with Crippen LogP contribution in [0.1, 0.15) is 56.1 Å². The highest BCUT2D eigenvalue weighted by molar-refractivity contribution is 7.15. The van der Waals surface area contributed by atoms with Gasteiger partial charge in [0.25, 0.3) is 0 Å². The molecular weight excluding hydrogens is 254 g/mol. The third kappa shape index (κ3) is 2.40. The Kier molecular flexibility index (Phi) is 3.81. The van der Waals surface area contributed by atoms with E-state index >= 15 is 0 Å². The molecule has 4 heteroatoms. The van der Waals surface area contributed by atoms with Crippen molar-refractivity contribution in [2.24, 2.45) is 5.92 Å². The number of thiazole rings is 1. The molecule has 0 aromatic carbocycles. The molecule has 3 nitrogen and oxygen atoms in total. The van der Waals surface area contributed by atoms with Crippen LogP contribution < -0.4 is 10.2 Å². The van der Waals surface area contributed by atoms with Gasteiger partial charge in [-0.2, -0.15) is 0 Å². The van der Waals surface area contributed by atoms with E-state index in [1.165, 1.54) is 54.4 Å². The predicted molar refractivity (Wildman–Crippen MR) is 82.1 cm³/mol. The van der Waals surface area contributed by atoms with Crippen LogP contribution in [0.3, 0.4) is 0 Å². The minimum absolute atomic E-state index is 0.535. The van der Waals surface area contributed by atoms with E-state index in [1.54, 1.807) is 0 Å². The van der Waals surface area contributed by atoms with Crippen LogP contribution in [0.4, 0.5) is 5.13 Å². The van der Waals surface area contributed by atoms with Gasteiger partial charge in [-0.1, -0.05) is 18.3 Å². The van der Waals surface area contributed by atoms with Gasteiger partial charge in [-0.3, -0.25) is 0 Å². The summed E-state index contributed by atoms with van der Waals surface area (Å²) in [5, 5.41) is 4.72. The summed E-state index contributed by atoms with van der Waals surface area (Å²) in [6.07, 6.45) is 6.37. The molecular formula is C15H25N3S. The topological polar surface area (TPSA) is 28.2 Å². The van der Waals surface area contributed by atoms with Gasteiger partial charge in [0.2, 0.25) is 0 Å². The van der Waals surface area contributed by atoms with E-state index in [0.717, 1.165) is 5.92 Å². The third-order valence-corrected chi connectivity index (χ3v) is 6.16. The molecule has 0 amide bonds. The van der Waals surface area contributed by atoms with Crippen molar-refractivity contribution in [2.45, 2.75) is 58.0 Å². The highest BCUT2D eigenvalue weighted by atomic mass is 32.1. The SMILES string of the molecule is CNC1CCCc2nc(N3CCCC(C)C3C)sc21. The van der Waals surface area contributed by atoms with Gasteiger partial charge in [-0.15, -0.1) is 0 Å². The maximum Gasteiger partial charge on any atom is 0.186 e. The molecule has 19 heavy (non-hydrogen) atoms. The Hall–Kier alpha value is -0.610. The first kappa shape index (κ1) is 13.4. The molecule has 1 aromatic heterocycles. The lowest BCUT2D eigenvalue weighted by Gasteiger charge is -2.37. The van der Waals surface area contributed by atoms with Crippen LogP contribution in [-0.4, -0.2) is 24.6 Å². The summed E-state index contributed by atoms with van der Waals surface area (Å²) in [5.41, 5.74) is 1.36. The second-order valence-corrected chi connectivity index (χ2v) is 7.10. The number of anilines is 1. The van der Waals surface area contributed by atoms with E-state index in [9.17, 15) is 0 Å². The molecule has 3 rings (SSSR count). The fourth-order valence-electron chi connectivity index (χ4n) is 3.41. The van der Waals surface area contributed by atoms with Crippen LogP contribution in [0.2, 0.25) is 0 Å². The van der Waals surface area contributed by atoms with Crippen LogP contribution in [0.15, 0.2) is 0 Å². The number of hydrogen-bond acceptors (Lipinski definition) is 4. The molecule has 0 spiro atoms. The molecule has 0 radical (unpaired) electrons. The Morgan fingerprint density at radius 3 is 2.89 bits per heavy atom. The average molecular weight is 279 g/mol. The smallest absolute Gasteiger partial charge is 0.186 e. The van der Waals surface area contributed by atoms with Gasteiger partial charge in [0, 0.05) is 23.5 Å². The summed E-state index contributed by atoms with van der Waals surface area (Å²) >= 11 is 1.93. The molecule has 2 aliphatic rings. The molecule has 1 aliphatic heterocycles. The maximum absolute atomic E-state index is 4.96. The summed E-state index contributed by atoms with van der Waals surface area (Å²) in [7, 11) is 2.07. The third-order valence-electron chi connectivity index (χ3n) is 4.91. The van der Waals surface area contributed by atoms with Crippen molar-refractivity contribution in [3.63, 3.8) is 0 Å². The average Bonchev–Trinajstić information content (AvgIpc) is 2.85. The number of nitrogens with zero attached hydrogens (tertiary/aromatic N) is 2. The molecule has 0 saturated carbocycles. The zero-order valence-corrected chi connectivity index (χ0v) is 13.1. The summed E-state index contributed by atoms with van der Waals surface area (Å²) < 4.78 is 0. The number of rotatable bonds is 2. The van der Waals surface area contributed by atoms with Crippen molar-refractivity contribution in [3.8, 4) is 0 Å². The van der Waals surface area contributed by atoms with E-state index in [4.69, 9.17) is 4.98 Å². The van der Waals surface area contributed by atoms with Gasteiger partial charge < -0.3 is 10.2 Å². The molecule has 1 aliphatic carbocycles. The molecule has 2 heterocycles. The number of fused-ring (bicyclic) bond motifs is 1. The lowest BCUT2D eigenvalue weighted by atomic mass is 9.92. The minimum atomic E-state index is 0.535. The highest BCUT2D eigenvalue weighted by Gasteiger charge is 2.30. The van der Waals surface area contributed by atoms with Gasteiger partial charge in [-0.25, -0.2) is 4.98 Å². The molecule has 1 aromatic rings. The maximum atomic E-state index is 4.96. The molecule has 3 atom stereocenters. The highest BCUT2D eigenvalue weighted by Crippen LogP contribution is 2.39. The summed E-state index contributed by atoms with van der Waals surface area (Å²) in [5.74, 6) is 0.787. The monoisotopic (exact) mass is 279 g/mol. The molecule has 1 saturated heterocycles. The second kappa shape index (κ2) is 5.41. The Bertz CT molecular complexity index is 443. The van der Waals surface area contributed by atoms with Crippen LogP contribution in [0.25, 0.3) is 0 Å². The first-order chi connectivity index (χ1) is 9.20. The number of nitrogens with one attached hydrogen (secondary N) is 1. The number of piperidine rings is 1. The van der Waals surface area contributed by atoms with E-state index < -0.39 is 0 Å². The van der Waals surface area contributed by atoms with Crippen LogP contribution in [0.5, 0.6) is 0 Å². The fourth-order valence-corrected chi connectivity index (χ4v) is 4.78. The van der Waals surface area contributed by atoms with Crippen LogP contribution in [0, 0.1) is 5.92 Å². The number of aryl methyl sites for hydroxylation is 1. The second-order valence-electron chi connectivity index (χ2n) is 6.09. The van der Waals surface area contributed by atoms with E-state index in [-0.39, 0.29) is 0 Å². The Labute approximate surface area is 120 Å². The molecule has 0 bridgehead atoms. The van der Waals surface area contributed by atoms with Crippen molar-refractivity contribution in [3.05, 3.63) is 10.6 Å². The number of aromatic nitrogens is 1. The Morgan fingerprint density at radius 2 is 2.11 bits per heavy atom. The van der Waals surface area contributed by atoms with Crippen molar-refractivity contribution in [1.29, 1.82) is 0 Å². The van der Waals surface area contributed by atoms with Gasteiger partial charge in [-0.05, 0) is 52.0 Å². The first-order valence-corrected chi connectivity index (χ1v) is 8.46. The van der Waals surface area contributed by atoms with E-state index in [2.05, 4.69) is 31.1 Å². The predicted octanol–water partition coefficient (Wildman–Crippen LogP) is 3.36. The van der Waals surface area contributed by atoms with Crippen molar-refractivity contribution < 1.29 is 0 Å². The Morgan fingerprint density at radius 1 is 1.26 bits per heavy atom. The largest absolute Gasteiger partial charge is 0.345 e. The molecule has 106 valence electrons. The summed E-state index contributed by atoms with van der Waals surface area (Å²) in [4.78, 5) is 9.00. The van der Waals surface area contributed by atoms with Crippen molar-refractivity contribution >= 4 is 16.5 Å². The van der Waals surface area contributed by atoms with Gasteiger partial charge in [0.15, 0.2) is 5.13 Å². The standard InChI is InChI=1S/C15H25N3S/c1-10-6-5-9-18(11(10)2)15-17-13-8-4-7-12(16-3)14(13)19-15/h10-12,16H,4-9H2,1-3H3. The lowest BCUT2D eigenvalue weighted by molar-refractivity contribution is 0.363.